The Morgan fingerprint density at radius 2 is 1.80 bits per heavy atom. The monoisotopic (exact) mass is 276 g/mol. The average Bonchev–Trinajstić information content (AvgIpc) is 2.45. The molecular weight excluding hydrogens is 262 g/mol. The zero-order valence-electron chi connectivity index (χ0n) is 10.8. The van der Waals surface area contributed by atoms with Crippen LogP contribution in [0.15, 0.2) is 54.6 Å². The summed E-state index contributed by atoms with van der Waals surface area (Å²) in [6.07, 6.45) is 0.960. The van der Waals surface area contributed by atoms with Crippen LogP contribution in [0, 0.1) is 0 Å². The van der Waals surface area contributed by atoms with E-state index in [-0.39, 0.29) is 11.5 Å². The van der Waals surface area contributed by atoms with Crippen molar-refractivity contribution < 1.29 is 18.3 Å². The molecule has 0 fully saturated rings. The van der Waals surface area contributed by atoms with Gasteiger partial charge in [0.05, 0.1) is 0 Å². The standard InChI is InChI=1S/C16H14F2O2/c17-16(18)20-14-8-4-7-13(11-14)15(19)10-9-12-5-2-1-3-6-12/h1-8,11,16H,9-10H2. The number of ketones is 1. The number of hydrogen-bond acceptors (Lipinski definition) is 2. The Balaban J connectivity index is 1.98. The molecule has 2 aromatic rings. The highest BCUT2D eigenvalue weighted by Crippen LogP contribution is 2.17. The predicted molar refractivity (Wildman–Crippen MR) is 72.2 cm³/mol. The van der Waals surface area contributed by atoms with Gasteiger partial charge in [0, 0.05) is 12.0 Å². The molecule has 0 spiro atoms. The maximum atomic E-state index is 12.1. The van der Waals surface area contributed by atoms with Gasteiger partial charge in [0.25, 0.3) is 0 Å². The fraction of sp³-hybridized carbons (Fsp3) is 0.188. The molecule has 0 atom stereocenters. The highest BCUT2D eigenvalue weighted by molar-refractivity contribution is 5.96. The van der Waals surface area contributed by atoms with Crippen molar-refractivity contribution in [1.82, 2.24) is 0 Å². The van der Waals surface area contributed by atoms with Crippen molar-refractivity contribution in [2.45, 2.75) is 19.5 Å². The van der Waals surface area contributed by atoms with E-state index < -0.39 is 6.61 Å². The zero-order chi connectivity index (χ0) is 14.4. The molecule has 0 amide bonds. The summed E-state index contributed by atoms with van der Waals surface area (Å²) in [6.45, 7) is -2.88. The molecule has 0 aromatic heterocycles. The lowest BCUT2D eigenvalue weighted by Crippen LogP contribution is -2.05. The fourth-order valence-electron chi connectivity index (χ4n) is 1.89. The van der Waals surface area contributed by atoms with E-state index in [0.29, 0.717) is 18.4 Å². The SMILES string of the molecule is O=C(CCc1ccccc1)c1cccc(OC(F)F)c1. The van der Waals surface area contributed by atoms with Crippen molar-refractivity contribution >= 4 is 5.78 Å². The van der Waals surface area contributed by atoms with Gasteiger partial charge in [0.1, 0.15) is 5.75 Å². The number of alkyl halides is 2. The Labute approximate surface area is 116 Å². The summed E-state index contributed by atoms with van der Waals surface area (Å²) in [5.74, 6) is -0.0841. The third-order valence-corrected chi connectivity index (χ3v) is 2.86. The van der Waals surface area contributed by atoms with Gasteiger partial charge in [-0.25, -0.2) is 0 Å². The molecule has 2 rings (SSSR count). The Bertz CT molecular complexity index is 568. The Kier molecular flexibility index (Phi) is 4.82. The average molecular weight is 276 g/mol. The topological polar surface area (TPSA) is 26.3 Å². The van der Waals surface area contributed by atoms with Crippen LogP contribution >= 0.6 is 0 Å². The van der Waals surface area contributed by atoms with E-state index in [2.05, 4.69) is 4.74 Å². The molecule has 20 heavy (non-hydrogen) atoms. The molecule has 2 aromatic carbocycles. The van der Waals surface area contributed by atoms with E-state index >= 15 is 0 Å². The van der Waals surface area contributed by atoms with Crippen molar-refractivity contribution in [3.8, 4) is 5.75 Å². The fourth-order valence-corrected chi connectivity index (χ4v) is 1.89. The van der Waals surface area contributed by atoms with E-state index in [1.54, 1.807) is 6.07 Å². The van der Waals surface area contributed by atoms with Crippen molar-refractivity contribution in [2.24, 2.45) is 0 Å². The summed E-state index contributed by atoms with van der Waals surface area (Å²) in [6, 6.07) is 15.5. The number of rotatable bonds is 6. The summed E-state index contributed by atoms with van der Waals surface area (Å²) in [5, 5.41) is 0. The molecule has 2 nitrogen and oxygen atoms in total. The summed E-state index contributed by atoms with van der Waals surface area (Å²) in [5.41, 5.74) is 1.46. The molecule has 4 heteroatoms. The van der Waals surface area contributed by atoms with Gasteiger partial charge in [0.2, 0.25) is 0 Å². The van der Waals surface area contributed by atoms with Crippen LogP contribution in [0.5, 0.6) is 5.75 Å². The van der Waals surface area contributed by atoms with E-state index in [4.69, 9.17) is 0 Å². The summed E-state index contributed by atoms with van der Waals surface area (Å²) in [4.78, 5) is 12.0. The number of halogens is 2. The third-order valence-electron chi connectivity index (χ3n) is 2.86. The highest BCUT2D eigenvalue weighted by atomic mass is 19.3. The largest absolute Gasteiger partial charge is 0.435 e. The van der Waals surface area contributed by atoms with Crippen molar-refractivity contribution in [2.75, 3.05) is 0 Å². The molecule has 0 bridgehead atoms. The van der Waals surface area contributed by atoms with Crippen LogP contribution in [0.25, 0.3) is 0 Å². The van der Waals surface area contributed by atoms with Crippen molar-refractivity contribution in [3.63, 3.8) is 0 Å². The molecule has 104 valence electrons. The quantitative estimate of drug-likeness (QED) is 0.742. The molecule has 0 aliphatic carbocycles. The normalized spacial score (nSPS) is 10.6. The van der Waals surface area contributed by atoms with Crippen LogP contribution in [0.2, 0.25) is 0 Å². The molecule has 0 radical (unpaired) electrons. The van der Waals surface area contributed by atoms with Gasteiger partial charge in [-0.1, -0.05) is 42.5 Å². The summed E-state index contributed by atoms with van der Waals surface area (Å²) >= 11 is 0. The molecule has 0 N–H and O–H groups in total. The first kappa shape index (κ1) is 14.2. The van der Waals surface area contributed by atoms with Gasteiger partial charge < -0.3 is 4.74 Å². The molecule has 0 saturated heterocycles. The van der Waals surface area contributed by atoms with Gasteiger partial charge in [-0.2, -0.15) is 8.78 Å². The number of carbonyl (C=O) groups excluding carboxylic acids is 1. The van der Waals surface area contributed by atoms with E-state index in [9.17, 15) is 13.6 Å². The minimum absolute atomic E-state index is 0.00515. The van der Waals surface area contributed by atoms with Crippen molar-refractivity contribution in [1.29, 1.82) is 0 Å². The molecule has 0 saturated carbocycles. The predicted octanol–water partition coefficient (Wildman–Crippen LogP) is 4.10. The van der Waals surface area contributed by atoms with Gasteiger partial charge in [-0.05, 0) is 24.1 Å². The van der Waals surface area contributed by atoms with E-state index in [1.165, 1.54) is 18.2 Å². The number of hydrogen-bond donors (Lipinski definition) is 0. The highest BCUT2D eigenvalue weighted by Gasteiger charge is 2.09. The first-order valence-electron chi connectivity index (χ1n) is 6.27. The second-order valence-electron chi connectivity index (χ2n) is 4.32. The zero-order valence-corrected chi connectivity index (χ0v) is 10.8. The molecular formula is C16H14F2O2. The number of aryl methyl sites for hydroxylation is 1. The van der Waals surface area contributed by atoms with Gasteiger partial charge in [-0.15, -0.1) is 0 Å². The van der Waals surface area contributed by atoms with Crippen molar-refractivity contribution in [3.05, 3.63) is 65.7 Å². The van der Waals surface area contributed by atoms with Crippen LogP contribution in [0.4, 0.5) is 8.78 Å². The summed E-state index contributed by atoms with van der Waals surface area (Å²) in [7, 11) is 0. The Morgan fingerprint density at radius 3 is 2.50 bits per heavy atom. The third kappa shape index (κ3) is 4.16. The van der Waals surface area contributed by atoms with Crippen LogP contribution in [-0.4, -0.2) is 12.4 Å². The lowest BCUT2D eigenvalue weighted by atomic mass is 10.0. The number of ether oxygens (including phenoxy) is 1. The van der Waals surface area contributed by atoms with Gasteiger partial charge in [-0.3, -0.25) is 4.79 Å². The lowest BCUT2D eigenvalue weighted by Gasteiger charge is -2.06. The van der Waals surface area contributed by atoms with Gasteiger partial charge >= 0.3 is 6.61 Å². The minimum Gasteiger partial charge on any atom is -0.435 e. The number of carbonyl (C=O) groups is 1. The Morgan fingerprint density at radius 1 is 1.05 bits per heavy atom. The van der Waals surface area contributed by atoms with Crippen LogP contribution in [0.1, 0.15) is 22.3 Å². The second kappa shape index (κ2) is 6.80. The molecule has 0 unspecified atom stereocenters. The minimum atomic E-state index is -2.88. The second-order valence-corrected chi connectivity index (χ2v) is 4.32. The first-order valence-corrected chi connectivity index (χ1v) is 6.27. The van der Waals surface area contributed by atoms with E-state index in [1.807, 2.05) is 30.3 Å². The molecule has 0 aliphatic rings. The molecule has 0 heterocycles. The van der Waals surface area contributed by atoms with Crippen LogP contribution in [-0.2, 0) is 6.42 Å². The number of Topliss-reactive ketones (excluding diaryl/α,β-unsaturated/α-hetero) is 1. The van der Waals surface area contributed by atoms with Crippen LogP contribution < -0.4 is 4.74 Å². The maximum absolute atomic E-state index is 12.1. The number of benzene rings is 2. The van der Waals surface area contributed by atoms with E-state index in [0.717, 1.165) is 5.56 Å². The summed E-state index contributed by atoms with van der Waals surface area (Å²) < 4.78 is 28.5. The lowest BCUT2D eigenvalue weighted by molar-refractivity contribution is -0.0498. The first-order chi connectivity index (χ1) is 9.65. The van der Waals surface area contributed by atoms with Gasteiger partial charge in [0.15, 0.2) is 5.78 Å². The van der Waals surface area contributed by atoms with Crippen LogP contribution in [0.3, 0.4) is 0 Å². The Hall–Kier alpha value is -2.23. The molecule has 0 aliphatic heterocycles. The smallest absolute Gasteiger partial charge is 0.387 e. The maximum Gasteiger partial charge on any atom is 0.387 e.